The van der Waals surface area contributed by atoms with Crippen LogP contribution in [0.5, 0.6) is 0 Å². The number of carbonyl (C=O) groups is 1. The van der Waals surface area contributed by atoms with Crippen molar-refractivity contribution < 1.29 is 17.9 Å². The quantitative estimate of drug-likeness (QED) is 0.732. The highest BCUT2D eigenvalue weighted by molar-refractivity contribution is 7.92. The molecule has 2 aromatic rings. The maximum atomic E-state index is 13.2. The van der Waals surface area contributed by atoms with Gasteiger partial charge in [-0.25, -0.2) is 8.42 Å². The summed E-state index contributed by atoms with van der Waals surface area (Å²) in [5.41, 5.74) is -1.14. The molecule has 0 bridgehead atoms. The van der Waals surface area contributed by atoms with Crippen LogP contribution in [0.4, 0.5) is 0 Å². The van der Waals surface area contributed by atoms with Gasteiger partial charge in [0.2, 0.25) is 0 Å². The van der Waals surface area contributed by atoms with Crippen molar-refractivity contribution in [2.45, 2.75) is 23.0 Å². The van der Waals surface area contributed by atoms with Crippen LogP contribution in [-0.4, -0.2) is 26.2 Å². The molecule has 2 aromatic carbocycles. The number of carbonyl (C=O) groups excluding carboxylic acids is 1. The van der Waals surface area contributed by atoms with Gasteiger partial charge in [0, 0.05) is 10.9 Å². The topological polar surface area (TPSA) is 84.2 Å². The lowest BCUT2D eigenvalue weighted by Crippen LogP contribution is -2.25. The second-order valence-corrected chi connectivity index (χ2v) is 8.51. The van der Waals surface area contributed by atoms with Gasteiger partial charge in [-0.3, -0.25) is 4.79 Å². The van der Waals surface area contributed by atoms with Crippen LogP contribution < -0.4 is 0 Å². The third kappa shape index (κ3) is 2.77. The van der Waals surface area contributed by atoms with E-state index < -0.39 is 32.4 Å². The monoisotopic (exact) mass is 389 g/mol. The molecule has 0 unspecified atom stereocenters. The van der Waals surface area contributed by atoms with Gasteiger partial charge in [0.25, 0.3) is 0 Å². The minimum Gasteiger partial charge on any atom is -0.465 e. The van der Waals surface area contributed by atoms with E-state index in [0.717, 1.165) is 0 Å². The lowest BCUT2D eigenvalue weighted by atomic mass is 10.0. The molecule has 5 nitrogen and oxygen atoms in total. The van der Waals surface area contributed by atoms with Gasteiger partial charge in [-0.2, -0.15) is 5.26 Å². The predicted molar refractivity (Wildman–Crippen MR) is 96.3 cm³/mol. The molecule has 0 heterocycles. The molecule has 1 aliphatic rings. The molecule has 0 N–H and O–H groups in total. The zero-order valence-electron chi connectivity index (χ0n) is 13.9. The van der Waals surface area contributed by atoms with E-state index in [4.69, 9.17) is 16.3 Å². The van der Waals surface area contributed by atoms with Gasteiger partial charge in [0.05, 0.1) is 17.6 Å². The first-order valence-corrected chi connectivity index (χ1v) is 9.95. The van der Waals surface area contributed by atoms with Crippen LogP contribution >= 0.6 is 11.6 Å². The SMILES string of the molecule is CCOC(=O)[C@]1(C#N)[C@H](c2ccccc2)[C@@H]1S(=O)(=O)c1ccc(Cl)cc1. The average molecular weight is 390 g/mol. The smallest absolute Gasteiger partial charge is 0.328 e. The number of hydrogen-bond donors (Lipinski definition) is 0. The molecular weight excluding hydrogens is 374 g/mol. The molecule has 3 atom stereocenters. The number of rotatable bonds is 5. The molecule has 0 amide bonds. The van der Waals surface area contributed by atoms with Gasteiger partial charge >= 0.3 is 5.97 Å². The van der Waals surface area contributed by atoms with E-state index in [1.54, 1.807) is 37.3 Å². The Morgan fingerprint density at radius 2 is 1.81 bits per heavy atom. The standard InChI is InChI=1S/C19H16ClNO4S/c1-2-25-18(22)19(12-21)16(13-6-4-3-5-7-13)17(19)26(23,24)15-10-8-14(20)9-11-15/h3-11,16-17H,2H2,1H3/t16-,17+,19-/m1/s1. The second kappa shape index (κ2) is 6.75. The van der Waals surface area contributed by atoms with Crippen molar-refractivity contribution in [1.29, 1.82) is 5.26 Å². The van der Waals surface area contributed by atoms with E-state index in [9.17, 15) is 18.5 Å². The van der Waals surface area contributed by atoms with Crippen molar-refractivity contribution in [2.75, 3.05) is 6.61 Å². The van der Waals surface area contributed by atoms with Crippen molar-refractivity contribution in [1.82, 2.24) is 0 Å². The fourth-order valence-electron chi connectivity index (χ4n) is 3.32. The molecule has 26 heavy (non-hydrogen) atoms. The summed E-state index contributed by atoms with van der Waals surface area (Å²) in [4.78, 5) is 12.6. The van der Waals surface area contributed by atoms with Gasteiger partial charge in [0.1, 0.15) is 5.25 Å². The minimum atomic E-state index is -3.94. The third-order valence-corrected chi connectivity index (χ3v) is 7.06. The molecule has 3 rings (SSSR count). The van der Waals surface area contributed by atoms with Crippen molar-refractivity contribution >= 4 is 27.4 Å². The molecule has 1 saturated carbocycles. The summed E-state index contributed by atoms with van der Waals surface area (Å²) in [6.45, 7) is 1.68. The average Bonchev–Trinajstić information content (AvgIpc) is 3.35. The summed E-state index contributed by atoms with van der Waals surface area (Å²) in [5.74, 6) is -1.59. The van der Waals surface area contributed by atoms with Crippen LogP contribution in [0.3, 0.4) is 0 Å². The molecule has 0 aliphatic heterocycles. The van der Waals surface area contributed by atoms with E-state index in [-0.39, 0.29) is 11.5 Å². The van der Waals surface area contributed by atoms with E-state index >= 15 is 0 Å². The van der Waals surface area contributed by atoms with E-state index in [0.29, 0.717) is 10.6 Å². The minimum absolute atomic E-state index is 0.0225. The molecule has 0 radical (unpaired) electrons. The Kier molecular flexibility index (Phi) is 4.78. The van der Waals surface area contributed by atoms with Gasteiger partial charge in [-0.1, -0.05) is 41.9 Å². The summed E-state index contributed by atoms with van der Waals surface area (Å²) >= 11 is 5.84. The first-order chi connectivity index (χ1) is 12.4. The number of sulfone groups is 1. The fourth-order valence-corrected chi connectivity index (χ4v) is 5.69. The van der Waals surface area contributed by atoms with Crippen LogP contribution in [0.15, 0.2) is 59.5 Å². The Balaban J connectivity index is 2.12. The van der Waals surface area contributed by atoms with Crippen LogP contribution in [0, 0.1) is 16.7 Å². The Bertz CT molecular complexity index is 967. The highest BCUT2D eigenvalue weighted by Gasteiger charge is 2.77. The maximum absolute atomic E-state index is 13.2. The second-order valence-electron chi connectivity index (χ2n) is 6.01. The highest BCUT2D eigenvalue weighted by atomic mass is 35.5. The zero-order chi connectivity index (χ0) is 18.9. The molecule has 0 saturated heterocycles. The molecule has 1 aliphatic carbocycles. The zero-order valence-corrected chi connectivity index (χ0v) is 15.5. The number of nitriles is 1. The Labute approximate surface area is 157 Å². The summed E-state index contributed by atoms with van der Waals surface area (Å²) in [5, 5.41) is 8.97. The number of halogens is 1. The lowest BCUT2D eigenvalue weighted by molar-refractivity contribution is -0.147. The predicted octanol–water partition coefficient (Wildman–Crippen LogP) is 3.35. The number of nitrogens with zero attached hydrogens (tertiary/aromatic N) is 1. The number of hydrogen-bond acceptors (Lipinski definition) is 5. The van der Waals surface area contributed by atoms with Crippen molar-refractivity contribution in [3.8, 4) is 6.07 Å². The van der Waals surface area contributed by atoms with Crippen molar-refractivity contribution in [3.63, 3.8) is 0 Å². The molecule has 134 valence electrons. The van der Waals surface area contributed by atoms with Crippen LogP contribution in [0.25, 0.3) is 0 Å². The molecule has 1 fully saturated rings. The summed E-state index contributed by atoms with van der Waals surface area (Å²) in [6.07, 6.45) is 0. The molecule has 0 aromatic heterocycles. The van der Waals surface area contributed by atoms with Gasteiger partial charge in [-0.05, 0) is 36.8 Å². The largest absolute Gasteiger partial charge is 0.465 e. The number of benzene rings is 2. The van der Waals surface area contributed by atoms with Crippen molar-refractivity contribution in [2.24, 2.45) is 5.41 Å². The normalized spacial score (nSPS) is 24.5. The lowest BCUT2D eigenvalue weighted by Gasteiger charge is -2.09. The summed E-state index contributed by atoms with van der Waals surface area (Å²) in [7, 11) is -3.94. The van der Waals surface area contributed by atoms with E-state index in [2.05, 4.69) is 0 Å². The Morgan fingerprint density at radius 1 is 1.19 bits per heavy atom. The highest BCUT2D eigenvalue weighted by Crippen LogP contribution is 2.64. The van der Waals surface area contributed by atoms with Crippen LogP contribution in [0.2, 0.25) is 5.02 Å². The van der Waals surface area contributed by atoms with Gasteiger partial charge < -0.3 is 4.74 Å². The van der Waals surface area contributed by atoms with Crippen molar-refractivity contribution in [3.05, 3.63) is 65.2 Å². The van der Waals surface area contributed by atoms with E-state index in [1.807, 2.05) is 6.07 Å². The van der Waals surface area contributed by atoms with E-state index in [1.165, 1.54) is 24.3 Å². The van der Waals surface area contributed by atoms with Gasteiger partial charge in [-0.15, -0.1) is 0 Å². The fraction of sp³-hybridized carbons (Fsp3) is 0.263. The Morgan fingerprint density at radius 3 is 2.35 bits per heavy atom. The summed E-state index contributed by atoms with van der Waals surface area (Å²) in [6, 6.07) is 16.3. The van der Waals surface area contributed by atoms with Crippen LogP contribution in [0.1, 0.15) is 18.4 Å². The third-order valence-electron chi connectivity index (χ3n) is 4.57. The number of esters is 1. The Hall–Kier alpha value is -2.36. The number of ether oxygens (including phenoxy) is 1. The van der Waals surface area contributed by atoms with Crippen LogP contribution in [-0.2, 0) is 19.4 Å². The molecule has 0 spiro atoms. The maximum Gasteiger partial charge on any atom is 0.328 e. The van der Waals surface area contributed by atoms with Gasteiger partial charge in [0.15, 0.2) is 15.3 Å². The summed E-state index contributed by atoms with van der Waals surface area (Å²) < 4.78 is 31.4. The first kappa shape index (κ1) is 18.4. The first-order valence-electron chi connectivity index (χ1n) is 8.02. The molecule has 7 heteroatoms. The molecular formula is C19H16ClNO4S.